The maximum atomic E-state index is 5.26. The van der Waals surface area contributed by atoms with Crippen molar-refractivity contribution < 1.29 is 54.3 Å². The van der Waals surface area contributed by atoms with Gasteiger partial charge in [-0.1, -0.05) is 0 Å². The van der Waals surface area contributed by atoms with Gasteiger partial charge < -0.3 is 24.8 Å². The predicted molar refractivity (Wildman–Crippen MR) is 32.5 cm³/mol. The molecule has 0 atom stereocenters. The molecule has 0 aliphatic rings. The fraction of sp³-hybridized carbons (Fsp3) is 1.00. The third-order valence-electron chi connectivity index (χ3n) is 0.730. The molecule has 0 saturated heterocycles. The topological polar surface area (TPSA) is 18.5 Å². The molecule has 68 valence electrons. The van der Waals surface area contributed by atoms with Gasteiger partial charge in [0.15, 0.2) is 0 Å². The van der Waals surface area contributed by atoms with Gasteiger partial charge in [-0.05, 0) is 0 Å². The van der Waals surface area contributed by atoms with Crippen LogP contribution < -0.4 is 24.8 Å². The molecule has 0 unspecified atom stereocenters. The summed E-state index contributed by atoms with van der Waals surface area (Å²) in [6.07, 6.45) is 2.23. The smallest absolute Gasteiger partial charge is 1.00 e. The molecule has 2 nitrogen and oxygen atoms in total. The van der Waals surface area contributed by atoms with Gasteiger partial charge in [0.2, 0.25) is 0 Å². The SMILES string of the molecule is CCC[O][Hf+2][O]CCC.[Cl-].[Cl-]. The summed E-state index contributed by atoms with van der Waals surface area (Å²) in [5.41, 5.74) is 0. The van der Waals surface area contributed by atoms with E-state index >= 15 is 0 Å². The van der Waals surface area contributed by atoms with Crippen LogP contribution in [-0.2, 0) is 29.5 Å². The van der Waals surface area contributed by atoms with E-state index in [0.717, 1.165) is 26.1 Å². The van der Waals surface area contributed by atoms with Crippen LogP contribution in [0.25, 0.3) is 0 Å². The minimum absolute atomic E-state index is 0. The van der Waals surface area contributed by atoms with Gasteiger partial charge >= 0.3 is 69.4 Å². The summed E-state index contributed by atoms with van der Waals surface area (Å²) in [4.78, 5) is 0. The fourth-order valence-electron chi connectivity index (χ4n) is 0.329. The van der Waals surface area contributed by atoms with Crippen molar-refractivity contribution in [1.82, 2.24) is 0 Å². The van der Waals surface area contributed by atoms with Crippen molar-refractivity contribution in [3.05, 3.63) is 0 Å². The molecule has 0 N–H and O–H groups in total. The third-order valence-corrected chi connectivity index (χ3v) is 3.04. The zero-order valence-corrected chi connectivity index (χ0v) is 12.0. The molecule has 11 heavy (non-hydrogen) atoms. The van der Waals surface area contributed by atoms with Crippen molar-refractivity contribution in [2.75, 3.05) is 13.2 Å². The van der Waals surface area contributed by atoms with E-state index in [0.29, 0.717) is 0 Å². The van der Waals surface area contributed by atoms with Crippen molar-refractivity contribution in [1.29, 1.82) is 0 Å². The molecular weight excluding hydrogens is 353 g/mol. The number of halogens is 2. The molecule has 0 heterocycles. The monoisotopic (exact) mass is 368 g/mol. The van der Waals surface area contributed by atoms with E-state index in [2.05, 4.69) is 13.8 Å². The van der Waals surface area contributed by atoms with Crippen LogP contribution in [0.4, 0.5) is 0 Å². The van der Waals surface area contributed by atoms with Gasteiger partial charge in [0.05, 0.1) is 0 Å². The summed E-state index contributed by atoms with van der Waals surface area (Å²) < 4.78 is 10.5. The summed E-state index contributed by atoms with van der Waals surface area (Å²) in [5.74, 6) is 0. The average molecular weight is 368 g/mol. The Morgan fingerprint density at radius 2 is 1.27 bits per heavy atom. The normalized spacial score (nSPS) is 7.45. The molecule has 0 radical (unpaired) electrons. The minimum Gasteiger partial charge on any atom is -1.00 e. The van der Waals surface area contributed by atoms with Crippen LogP contribution in [0, 0.1) is 0 Å². The zero-order chi connectivity index (χ0) is 6.95. The quantitative estimate of drug-likeness (QED) is 0.350. The van der Waals surface area contributed by atoms with Gasteiger partial charge in [0.25, 0.3) is 0 Å². The first kappa shape index (κ1) is 18.2. The second-order valence-corrected chi connectivity index (χ2v) is 4.45. The largest absolute Gasteiger partial charge is 1.00 e. The number of hydrogen-bond donors (Lipinski definition) is 0. The van der Waals surface area contributed by atoms with Crippen LogP contribution in [0.1, 0.15) is 26.7 Å². The first-order valence-corrected chi connectivity index (χ1v) is 6.33. The van der Waals surface area contributed by atoms with Crippen molar-refractivity contribution in [2.24, 2.45) is 0 Å². The molecule has 0 aliphatic heterocycles. The molecule has 0 aliphatic carbocycles. The molecule has 0 fully saturated rings. The van der Waals surface area contributed by atoms with Gasteiger partial charge in [-0.25, -0.2) is 0 Å². The first-order chi connectivity index (χ1) is 4.41. The summed E-state index contributed by atoms with van der Waals surface area (Å²) >= 11 is -1.04. The van der Waals surface area contributed by atoms with Gasteiger partial charge in [-0.2, -0.15) is 0 Å². The third kappa shape index (κ3) is 18.4. The molecule has 0 spiro atoms. The van der Waals surface area contributed by atoms with Crippen molar-refractivity contribution >= 4 is 0 Å². The Labute approximate surface area is 93.8 Å². The Kier molecular flexibility index (Phi) is 28.9. The first-order valence-electron chi connectivity index (χ1n) is 3.40. The van der Waals surface area contributed by atoms with E-state index in [1.165, 1.54) is 0 Å². The van der Waals surface area contributed by atoms with E-state index in [-0.39, 0.29) is 24.8 Å². The maximum absolute atomic E-state index is 5.26. The molecule has 0 aromatic rings. The summed E-state index contributed by atoms with van der Waals surface area (Å²) in [5, 5.41) is 0. The molecule has 0 bridgehead atoms. The van der Waals surface area contributed by atoms with Crippen molar-refractivity contribution in [3.63, 3.8) is 0 Å². The number of hydrogen-bond acceptors (Lipinski definition) is 2. The minimum atomic E-state index is -1.04. The van der Waals surface area contributed by atoms with Gasteiger partial charge in [0.1, 0.15) is 0 Å². The van der Waals surface area contributed by atoms with Crippen LogP contribution in [0.3, 0.4) is 0 Å². The second kappa shape index (κ2) is 17.5. The standard InChI is InChI=1S/2C3H7O.2ClH.Hf/c2*1-2-3-4;;;/h2*2-3H2,1H3;2*1H;/q2*-1;;;+4/p-2. The van der Waals surface area contributed by atoms with E-state index < -0.39 is 23.8 Å². The Bertz CT molecular complexity index is 51.8. The molecule has 0 amide bonds. The van der Waals surface area contributed by atoms with E-state index in [9.17, 15) is 0 Å². The van der Waals surface area contributed by atoms with Crippen molar-refractivity contribution in [3.8, 4) is 0 Å². The van der Waals surface area contributed by atoms with Gasteiger partial charge in [-0.15, -0.1) is 0 Å². The van der Waals surface area contributed by atoms with Crippen LogP contribution >= 0.6 is 0 Å². The van der Waals surface area contributed by atoms with Crippen LogP contribution in [-0.4, -0.2) is 13.2 Å². The summed E-state index contributed by atoms with van der Waals surface area (Å²) in [6, 6.07) is 0. The van der Waals surface area contributed by atoms with E-state index in [1.54, 1.807) is 0 Å². The van der Waals surface area contributed by atoms with E-state index in [1.807, 2.05) is 0 Å². The van der Waals surface area contributed by atoms with Gasteiger partial charge in [-0.3, -0.25) is 0 Å². The van der Waals surface area contributed by atoms with Crippen LogP contribution in [0.2, 0.25) is 0 Å². The molecule has 0 aromatic heterocycles. The second-order valence-electron chi connectivity index (χ2n) is 1.78. The summed E-state index contributed by atoms with van der Waals surface area (Å²) in [7, 11) is 0. The van der Waals surface area contributed by atoms with Crippen molar-refractivity contribution in [2.45, 2.75) is 26.7 Å². The molecule has 0 aromatic carbocycles. The Morgan fingerprint density at radius 3 is 1.55 bits per heavy atom. The fourth-order valence-corrected chi connectivity index (χ4v) is 2.69. The van der Waals surface area contributed by atoms with E-state index in [4.69, 9.17) is 5.71 Å². The molecule has 0 rings (SSSR count). The van der Waals surface area contributed by atoms with Crippen LogP contribution in [0.15, 0.2) is 0 Å². The number of rotatable bonds is 6. The molecule has 5 heteroatoms. The molecule has 0 saturated carbocycles. The Balaban J connectivity index is -0.000000320. The maximum Gasteiger partial charge on any atom is -1.00 e. The van der Waals surface area contributed by atoms with Crippen LogP contribution in [0.5, 0.6) is 0 Å². The Hall–Kier alpha value is 1.37. The van der Waals surface area contributed by atoms with Gasteiger partial charge in [0, 0.05) is 0 Å². The predicted octanol–water partition coefficient (Wildman–Crippen LogP) is -4.24. The zero-order valence-electron chi connectivity index (χ0n) is 6.90. The summed E-state index contributed by atoms with van der Waals surface area (Å²) in [6.45, 7) is 6.02. The average Bonchev–Trinajstić information content (AvgIpc) is 1.89. The Morgan fingerprint density at radius 1 is 0.909 bits per heavy atom. The molecular formula is C6H14Cl2HfO2.